The Bertz CT molecular complexity index is 324. The van der Waals surface area contributed by atoms with Crippen molar-refractivity contribution in [3.63, 3.8) is 0 Å². The van der Waals surface area contributed by atoms with Gasteiger partial charge in [-0.05, 0) is 31.2 Å². The van der Waals surface area contributed by atoms with Crippen LogP contribution in [0.4, 0.5) is 0 Å². The molecule has 0 fully saturated rings. The van der Waals surface area contributed by atoms with Crippen molar-refractivity contribution in [3.8, 4) is 0 Å². The van der Waals surface area contributed by atoms with Crippen LogP contribution in [0, 0.1) is 0 Å². The van der Waals surface area contributed by atoms with Crippen molar-refractivity contribution < 1.29 is 4.79 Å². The molecule has 14 heavy (non-hydrogen) atoms. The van der Waals surface area contributed by atoms with Gasteiger partial charge in [0, 0.05) is 0 Å². The highest BCUT2D eigenvalue weighted by atomic mass is 32.2. The first-order valence-electron chi connectivity index (χ1n) is 4.26. The maximum Gasteiger partial charge on any atom is 0.230 e. The Labute approximate surface area is 86.2 Å². The molecule has 0 saturated carbocycles. The van der Waals surface area contributed by atoms with Gasteiger partial charge in [-0.3, -0.25) is 4.79 Å². The first-order valence-corrected chi connectivity index (χ1v) is 5.14. The van der Waals surface area contributed by atoms with Crippen molar-refractivity contribution in [3.05, 3.63) is 0 Å². The molecule has 78 valence electrons. The van der Waals surface area contributed by atoms with E-state index in [4.69, 9.17) is 5.73 Å². The first-order chi connectivity index (χ1) is 6.52. The van der Waals surface area contributed by atoms with Gasteiger partial charge in [-0.15, -0.1) is 5.10 Å². The summed E-state index contributed by atoms with van der Waals surface area (Å²) in [4.78, 5) is 10.8. The quantitative estimate of drug-likeness (QED) is 0.726. The summed E-state index contributed by atoms with van der Waals surface area (Å²) in [6, 6.07) is 0.174. The van der Waals surface area contributed by atoms with Crippen LogP contribution in [0.5, 0.6) is 0 Å². The average molecular weight is 215 g/mol. The van der Waals surface area contributed by atoms with Crippen LogP contribution in [-0.4, -0.2) is 31.4 Å². The molecule has 0 aliphatic carbocycles. The lowest BCUT2D eigenvalue weighted by Crippen LogP contribution is -2.23. The number of primary amides is 1. The monoisotopic (exact) mass is 215 g/mol. The predicted molar refractivity (Wildman–Crippen MR) is 52.7 cm³/mol. The van der Waals surface area contributed by atoms with Crippen molar-refractivity contribution in [2.75, 3.05) is 0 Å². The summed E-state index contributed by atoms with van der Waals surface area (Å²) in [7, 11) is 0. The molecule has 6 nitrogen and oxygen atoms in total. The van der Waals surface area contributed by atoms with Gasteiger partial charge in [-0.1, -0.05) is 11.8 Å². The molecule has 1 unspecified atom stereocenters. The number of carbonyl (C=O) groups excluding carboxylic acids is 1. The molecule has 1 aromatic heterocycles. The highest BCUT2D eigenvalue weighted by molar-refractivity contribution is 8.00. The molecule has 1 atom stereocenters. The zero-order valence-electron chi connectivity index (χ0n) is 8.34. The Morgan fingerprint density at radius 2 is 2.14 bits per heavy atom. The van der Waals surface area contributed by atoms with E-state index in [-0.39, 0.29) is 17.2 Å². The molecule has 7 heteroatoms. The van der Waals surface area contributed by atoms with Crippen LogP contribution in [0.2, 0.25) is 0 Å². The number of nitrogens with two attached hydrogens (primary N) is 1. The fourth-order valence-electron chi connectivity index (χ4n) is 0.803. The molecule has 0 spiro atoms. The highest BCUT2D eigenvalue weighted by Gasteiger charge is 2.16. The largest absolute Gasteiger partial charge is 0.369 e. The van der Waals surface area contributed by atoms with Crippen LogP contribution in [0.25, 0.3) is 0 Å². The van der Waals surface area contributed by atoms with E-state index < -0.39 is 0 Å². The standard InChI is InChI=1S/C7H13N5OS/c1-4(2)12-7(9-10-11-12)14-5(3)6(8)13/h4-5H,1-3H3,(H2,8,13). The van der Waals surface area contributed by atoms with E-state index in [9.17, 15) is 4.79 Å². The van der Waals surface area contributed by atoms with E-state index in [2.05, 4.69) is 15.5 Å². The zero-order valence-corrected chi connectivity index (χ0v) is 9.15. The third-order valence-electron chi connectivity index (χ3n) is 1.63. The number of aromatic nitrogens is 4. The third-order valence-corrected chi connectivity index (χ3v) is 2.70. The van der Waals surface area contributed by atoms with Gasteiger partial charge >= 0.3 is 0 Å². The third kappa shape index (κ3) is 2.44. The number of thioether (sulfide) groups is 1. The second-order valence-electron chi connectivity index (χ2n) is 3.16. The molecule has 2 N–H and O–H groups in total. The predicted octanol–water partition coefficient (Wildman–Crippen LogP) is 0.220. The van der Waals surface area contributed by atoms with E-state index in [0.717, 1.165) is 0 Å². The number of carbonyl (C=O) groups is 1. The summed E-state index contributed by atoms with van der Waals surface area (Å²) < 4.78 is 1.66. The van der Waals surface area contributed by atoms with Crippen molar-refractivity contribution in [2.24, 2.45) is 5.73 Å². The van der Waals surface area contributed by atoms with Crippen LogP contribution < -0.4 is 5.73 Å². The van der Waals surface area contributed by atoms with E-state index in [1.54, 1.807) is 11.6 Å². The number of amides is 1. The van der Waals surface area contributed by atoms with E-state index in [1.165, 1.54) is 11.8 Å². The van der Waals surface area contributed by atoms with Gasteiger partial charge in [0.05, 0.1) is 11.3 Å². The Hall–Kier alpha value is -1.11. The second-order valence-corrected chi connectivity index (χ2v) is 4.47. The second kappa shape index (κ2) is 4.41. The molecule has 0 saturated heterocycles. The average Bonchev–Trinajstić information content (AvgIpc) is 2.52. The SMILES string of the molecule is CC(Sc1nnnn1C(C)C)C(N)=O. The number of rotatable bonds is 4. The summed E-state index contributed by atoms with van der Waals surface area (Å²) in [5.74, 6) is -0.367. The number of tetrazole rings is 1. The Kier molecular flexibility index (Phi) is 3.45. The Morgan fingerprint density at radius 1 is 1.50 bits per heavy atom. The van der Waals surface area contributed by atoms with Gasteiger partial charge in [-0.2, -0.15) is 0 Å². The van der Waals surface area contributed by atoms with Gasteiger partial charge < -0.3 is 5.73 Å². The lowest BCUT2D eigenvalue weighted by molar-refractivity contribution is -0.117. The molecular weight excluding hydrogens is 202 g/mol. The Balaban J connectivity index is 2.76. The lowest BCUT2D eigenvalue weighted by Gasteiger charge is -2.09. The van der Waals surface area contributed by atoms with Crippen LogP contribution in [0.1, 0.15) is 26.8 Å². The fourth-order valence-corrected chi connectivity index (χ4v) is 1.67. The maximum atomic E-state index is 10.8. The molecule has 1 rings (SSSR count). The van der Waals surface area contributed by atoms with Crippen molar-refractivity contribution in [1.29, 1.82) is 0 Å². The number of hydrogen-bond donors (Lipinski definition) is 1. The van der Waals surface area contributed by atoms with Gasteiger partial charge in [0.2, 0.25) is 11.1 Å². The molecule has 0 radical (unpaired) electrons. The van der Waals surface area contributed by atoms with Crippen molar-refractivity contribution in [1.82, 2.24) is 20.2 Å². The van der Waals surface area contributed by atoms with E-state index in [1.807, 2.05) is 13.8 Å². The zero-order chi connectivity index (χ0) is 10.7. The smallest absolute Gasteiger partial charge is 0.230 e. The van der Waals surface area contributed by atoms with Gasteiger partial charge in [0.15, 0.2) is 0 Å². The van der Waals surface area contributed by atoms with Crippen LogP contribution >= 0.6 is 11.8 Å². The summed E-state index contributed by atoms with van der Waals surface area (Å²) in [6.45, 7) is 5.66. The minimum absolute atomic E-state index is 0.174. The summed E-state index contributed by atoms with van der Waals surface area (Å²) in [6.07, 6.45) is 0. The van der Waals surface area contributed by atoms with Gasteiger partial charge in [0.1, 0.15) is 0 Å². The minimum Gasteiger partial charge on any atom is -0.369 e. The molecule has 1 amide bonds. The Morgan fingerprint density at radius 3 is 2.64 bits per heavy atom. The molecule has 0 bridgehead atoms. The van der Waals surface area contributed by atoms with Gasteiger partial charge in [-0.25, -0.2) is 4.68 Å². The minimum atomic E-state index is -0.367. The van der Waals surface area contributed by atoms with Crippen LogP contribution in [0.15, 0.2) is 5.16 Å². The fraction of sp³-hybridized carbons (Fsp3) is 0.714. The van der Waals surface area contributed by atoms with E-state index in [0.29, 0.717) is 5.16 Å². The summed E-state index contributed by atoms with van der Waals surface area (Å²) >= 11 is 1.27. The summed E-state index contributed by atoms with van der Waals surface area (Å²) in [5, 5.41) is 11.5. The first kappa shape index (κ1) is 11.0. The molecule has 1 heterocycles. The highest BCUT2D eigenvalue weighted by Crippen LogP contribution is 2.21. The van der Waals surface area contributed by atoms with Crippen LogP contribution in [0.3, 0.4) is 0 Å². The topological polar surface area (TPSA) is 86.7 Å². The van der Waals surface area contributed by atoms with Crippen molar-refractivity contribution in [2.45, 2.75) is 37.2 Å². The lowest BCUT2D eigenvalue weighted by atomic mass is 10.4. The molecule has 0 aliphatic rings. The molecule has 1 aromatic rings. The van der Waals surface area contributed by atoms with Crippen LogP contribution in [-0.2, 0) is 4.79 Å². The molecule has 0 aliphatic heterocycles. The molecule has 0 aromatic carbocycles. The molecular formula is C7H13N5OS. The normalized spacial score (nSPS) is 13.1. The summed E-state index contributed by atoms with van der Waals surface area (Å²) in [5.41, 5.74) is 5.14. The van der Waals surface area contributed by atoms with E-state index >= 15 is 0 Å². The number of nitrogens with zero attached hydrogens (tertiary/aromatic N) is 4. The number of hydrogen-bond acceptors (Lipinski definition) is 5. The van der Waals surface area contributed by atoms with Crippen molar-refractivity contribution >= 4 is 17.7 Å². The van der Waals surface area contributed by atoms with Gasteiger partial charge in [0.25, 0.3) is 0 Å². The maximum absolute atomic E-state index is 10.8.